The highest BCUT2D eigenvalue weighted by Gasteiger charge is 2.22. The molecular weight excluding hydrogens is 460 g/mol. The zero-order valence-corrected chi connectivity index (χ0v) is 16.7. The highest BCUT2D eigenvalue weighted by molar-refractivity contribution is 7.99. The number of ether oxygens (including phenoxy) is 1. The van der Waals surface area contributed by atoms with Crippen molar-refractivity contribution in [2.24, 2.45) is 0 Å². The Labute approximate surface area is 181 Å². The summed E-state index contributed by atoms with van der Waals surface area (Å²) in [5.41, 5.74) is 3.54. The van der Waals surface area contributed by atoms with Gasteiger partial charge in [0.2, 0.25) is 0 Å². The minimum Gasteiger partial charge on any atom is -0.457 e. The van der Waals surface area contributed by atoms with E-state index in [0.29, 0.717) is 6.07 Å². The number of thioether (sulfide) groups is 1. The summed E-state index contributed by atoms with van der Waals surface area (Å²) in [4.78, 5) is 15.9. The van der Waals surface area contributed by atoms with Crippen molar-refractivity contribution in [3.63, 3.8) is 0 Å². The minimum absolute atomic E-state index is 0.0946. The van der Waals surface area contributed by atoms with Crippen LogP contribution in [0.5, 0.6) is 0 Å². The summed E-state index contributed by atoms with van der Waals surface area (Å²) in [5.74, 6) is -9.19. The van der Waals surface area contributed by atoms with Crippen LogP contribution < -0.4 is 11.1 Å². The molecule has 0 fully saturated rings. The monoisotopic (exact) mass is 473 g/mol. The fraction of sp³-hybridized carbons (Fsp3) is 0.100. The van der Waals surface area contributed by atoms with E-state index in [2.05, 4.69) is 10.3 Å². The number of rotatable bonds is 7. The smallest absolute Gasteiger partial charge is 0.340 e. The second-order valence-electron chi connectivity index (χ2n) is 6.17. The van der Waals surface area contributed by atoms with Crippen molar-refractivity contribution < 1.29 is 35.9 Å². The molecule has 32 heavy (non-hydrogen) atoms. The van der Waals surface area contributed by atoms with Crippen LogP contribution in [-0.2, 0) is 11.3 Å². The van der Waals surface area contributed by atoms with E-state index in [1.165, 1.54) is 12.3 Å². The third kappa shape index (κ3) is 5.25. The summed E-state index contributed by atoms with van der Waals surface area (Å²) >= 11 is 0.0946. The van der Waals surface area contributed by atoms with E-state index < -0.39 is 64.4 Å². The predicted molar refractivity (Wildman–Crippen MR) is 106 cm³/mol. The minimum atomic E-state index is -2.78. The fourth-order valence-electron chi connectivity index (χ4n) is 2.59. The lowest BCUT2D eigenvalue weighted by Gasteiger charge is -2.14. The number of nitrogens with zero attached hydrogens (tertiary/aromatic N) is 1. The molecule has 1 aromatic heterocycles. The molecule has 12 heteroatoms. The lowest BCUT2D eigenvalue weighted by atomic mass is 10.1. The van der Waals surface area contributed by atoms with E-state index in [9.17, 15) is 31.1 Å². The van der Waals surface area contributed by atoms with Crippen LogP contribution in [0.1, 0.15) is 15.9 Å². The number of nitrogens with one attached hydrogen (secondary N) is 1. The van der Waals surface area contributed by atoms with Gasteiger partial charge in [-0.05, 0) is 36.4 Å². The third-order valence-corrected chi connectivity index (χ3v) is 4.80. The number of aromatic nitrogens is 1. The number of benzene rings is 2. The van der Waals surface area contributed by atoms with Crippen molar-refractivity contribution >= 4 is 34.9 Å². The van der Waals surface area contributed by atoms with Crippen LogP contribution in [0.2, 0.25) is 0 Å². The molecule has 0 aliphatic rings. The molecule has 0 aliphatic carbocycles. The first-order valence-corrected chi connectivity index (χ1v) is 9.60. The van der Waals surface area contributed by atoms with Crippen LogP contribution >= 0.6 is 11.8 Å². The maximum Gasteiger partial charge on any atom is 0.340 e. The van der Waals surface area contributed by atoms with E-state index in [4.69, 9.17) is 10.5 Å². The Morgan fingerprint density at radius 3 is 2.50 bits per heavy atom. The second kappa shape index (κ2) is 9.81. The molecular formula is C20H13F6N3O2S. The van der Waals surface area contributed by atoms with E-state index in [0.717, 1.165) is 24.3 Å². The molecule has 3 rings (SSSR count). The van der Waals surface area contributed by atoms with Gasteiger partial charge in [0.05, 0.1) is 16.9 Å². The molecule has 3 aromatic rings. The van der Waals surface area contributed by atoms with E-state index in [-0.39, 0.29) is 22.2 Å². The number of hydrogen-bond acceptors (Lipinski definition) is 6. The van der Waals surface area contributed by atoms with Crippen LogP contribution in [0.3, 0.4) is 0 Å². The largest absolute Gasteiger partial charge is 0.457 e. The van der Waals surface area contributed by atoms with Gasteiger partial charge in [-0.25, -0.2) is 27.3 Å². The van der Waals surface area contributed by atoms with Gasteiger partial charge in [0.25, 0.3) is 5.76 Å². The molecule has 0 saturated heterocycles. The first kappa shape index (κ1) is 23.3. The first-order valence-electron chi connectivity index (χ1n) is 8.72. The van der Waals surface area contributed by atoms with E-state index in [1.807, 2.05) is 0 Å². The van der Waals surface area contributed by atoms with Crippen molar-refractivity contribution in [3.05, 3.63) is 77.0 Å². The molecule has 0 spiro atoms. The average Bonchev–Trinajstić information content (AvgIpc) is 2.73. The Balaban J connectivity index is 1.86. The maximum atomic E-state index is 14.4. The molecule has 3 N–H and O–H groups in total. The molecule has 0 radical (unpaired) electrons. The lowest BCUT2D eigenvalue weighted by Crippen LogP contribution is -2.12. The quantitative estimate of drug-likeness (QED) is 0.263. The summed E-state index contributed by atoms with van der Waals surface area (Å²) in [6, 6.07) is 5.67. The van der Waals surface area contributed by atoms with Crippen LogP contribution in [0.15, 0.2) is 47.5 Å². The number of carbonyl (C=O) groups excluding carboxylic acids is 1. The lowest BCUT2D eigenvalue weighted by molar-refractivity contribution is 0.0469. The molecule has 0 unspecified atom stereocenters. The number of esters is 1. The molecule has 0 atom stereocenters. The molecule has 2 aromatic carbocycles. The van der Waals surface area contributed by atoms with Gasteiger partial charge in [0.15, 0.2) is 23.3 Å². The standard InChI is InChI=1S/C20H13F6N3O2S/c21-12-3-2-11(19(30)31-8-9-5-6-28-18(27)15(9)23)17(16(12)24)29-14-4-1-10(7-13(14)22)32-20(25)26/h1-7,20,29H,8H2,(H2,27,28). The summed E-state index contributed by atoms with van der Waals surface area (Å²) in [7, 11) is 0. The number of anilines is 3. The van der Waals surface area contributed by atoms with Gasteiger partial charge in [-0.15, -0.1) is 0 Å². The molecule has 5 nitrogen and oxygen atoms in total. The van der Waals surface area contributed by atoms with Crippen LogP contribution in [0.25, 0.3) is 0 Å². The number of carbonyl (C=O) groups is 1. The Kier molecular flexibility index (Phi) is 7.13. The zero-order valence-electron chi connectivity index (χ0n) is 15.8. The molecule has 1 heterocycles. The maximum absolute atomic E-state index is 14.4. The summed E-state index contributed by atoms with van der Waals surface area (Å²) in [6.45, 7) is -0.594. The molecule has 0 saturated carbocycles. The Bertz CT molecular complexity index is 1160. The Hall–Kier alpha value is -3.41. The van der Waals surface area contributed by atoms with Gasteiger partial charge in [0, 0.05) is 16.7 Å². The van der Waals surface area contributed by atoms with Gasteiger partial charge in [-0.3, -0.25) is 0 Å². The average molecular weight is 473 g/mol. The molecule has 168 valence electrons. The number of nitrogens with two attached hydrogens (primary N) is 1. The molecule has 0 bridgehead atoms. The first-order chi connectivity index (χ1) is 15.2. The van der Waals surface area contributed by atoms with Crippen molar-refractivity contribution in [1.29, 1.82) is 0 Å². The predicted octanol–water partition coefficient (Wildman–Crippen LogP) is 5.64. The normalized spacial score (nSPS) is 11.0. The summed E-state index contributed by atoms with van der Waals surface area (Å²) in [5, 5.41) is 2.24. The number of hydrogen-bond donors (Lipinski definition) is 2. The van der Waals surface area contributed by atoms with Crippen molar-refractivity contribution in [2.45, 2.75) is 17.3 Å². The highest BCUT2D eigenvalue weighted by atomic mass is 32.2. The van der Waals surface area contributed by atoms with Gasteiger partial charge in [0.1, 0.15) is 12.4 Å². The van der Waals surface area contributed by atoms with Gasteiger partial charge >= 0.3 is 5.97 Å². The topological polar surface area (TPSA) is 77.2 Å². The number of pyridine rings is 1. The van der Waals surface area contributed by atoms with Gasteiger partial charge in [-0.1, -0.05) is 11.8 Å². The SMILES string of the molecule is Nc1nccc(COC(=O)c2ccc(F)c(F)c2Nc2ccc(SC(F)F)cc2F)c1F. The van der Waals surface area contributed by atoms with Crippen molar-refractivity contribution in [3.8, 4) is 0 Å². The summed E-state index contributed by atoms with van der Waals surface area (Å²) < 4.78 is 86.2. The van der Waals surface area contributed by atoms with Crippen LogP contribution in [0, 0.1) is 23.3 Å². The van der Waals surface area contributed by atoms with E-state index >= 15 is 0 Å². The Morgan fingerprint density at radius 1 is 1.06 bits per heavy atom. The Morgan fingerprint density at radius 2 is 1.81 bits per heavy atom. The van der Waals surface area contributed by atoms with Crippen molar-refractivity contribution in [1.82, 2.24) is 4.98 Å². The third-order valence-electron chi connectivity index (χ3n) is 4.10. The molecule has 0 aliphatic heterocycles. The molecule has 0 amide bonds. The van der Waals surface area contributed by atoms with Crippen LogP contribution in [0.4, 0.5) is 43.5 Å². The highest BCUT2D eigenvalue weighted by Crippen LogP contribution is 2.32. The number of nitrogen functional groups attached to an aromatic ring is 1. The number of halogens is 6. The van der Waals surface area contributed by atoms with Gasteiger partial charge in [-0.2, -0.15) is 8.78 Å². The van der Waals surface area contributed by atoms with E-state index in [1.54, 1.807) is 0 Å². The summed E-state index contributed by atoms with van der Waals surface area (Å²) in [6.07, 6.45) is 1.19. The number of alkyl halides is 2. The zero-order chi connectivity index (χ0) is 23.4. The van der Waals surface area contributed by atoms with Gasteiger partial charge < -0.3 is 15.8 Å². The second-order valence-corrected chi connectivity index (χ2v) is 7.24. The fourth-order valence-corrected chi connectivity index (χ4v) is 3.11. The van der Waals surface area contributed by atoms with Crippen LogP contribution in [-0.4, -0.2) is 16.7 Å². The van der Waals surface area contributed by atoms with Crippen molar-refractivity contribution in [2.75, 3.05) is 11.1 Å².